The van der Waals surface area contributed by atoms with Crippen molar-refractivity contribution in [3.8, 4) is 0 Å². The number of carboxylic acid groups (broad SMARTS) is 2. The van der Waals surface area contributed by atoms with E-state index < -0.39 is 11.9 Å². The predicted octanol–water partition coefficient (Wildman–Crippen LogP) is 1.03. The van der Waals surface area contributed by atoms with Gasteiger partial charge in [-0.3, -0.25) is 0 Å². The number of imidazole rings is 1. The Kier molecular flexibility index (Phi) is 7.02. The van der Waals surface area contributed by atoms with Crippen molar-refractivity contribution in [3.05, 3.63) is 18.2 Å². The normalized spacial score (nSPS) is 11.1. The Morgan fingerprint density at radius 1 is 1.50 bits per heavy atom. The van der Waals surface area contributed by atoms with E-state index in [4.69, 9.17) is 19.8 Å². The van der Waals surface area contributed by atoms with Crippen LogP contribution in [0, 0.1) is 0 Å². The Hall–Kier alpha value is -1.50. The number of hydrogen-bond donors (Lipinski definition) is 3. The Labute approximate surface area is 97.1 Å². The highest BCUT2D eigenvalue weighted by Crippen LogP contribution is 2.13. The number of hydrogen-bond acceptors (Lipinski definition) is 4. The van der Waals surface area contributed by atoms with Gasteiger partial charge in [0.1, 0.15) is 5.82 Å². The maximum Gasteiger partial charge on any atom is 0.414 e. The van der Waals surface area contributed by atoms with Crippen molar-refractivity contribution in [2.24, 2.45) is 0 Å². The Balaban J connectivity index is 0.000000325. The van der Waals surface area contributed by atoms with E-state index >= 15 is 0 Å². The van der Waals surface area contributed by atoms with E-state index in [9.17, 15) is 0 Å². The molecule has 0 aromatic carbocycles. The molecule has 0 bridgehead atoms. The van der Waals surface area contributed by atoms with Crippen LogP contribution in [0.25, 0.3) is 0 Å². The summed E-state index contributed by atoms with van der Waals surface area (Å²) in [6.45, 7) is 2.18. The van der Waals surface area contributed by atoms with Crippen molar-refractivity contribution in [3.63, 3.8) is 0 Å². The lowest BCUT2D eigenvalue weighted by Crippen LogP contribution is -2.09. The molecule has 0 aliphatic rings. The molecular formula is C9H14N2O4S. The van der Waals surface area contributed by atoms with E-state index in [1.54, 1.807) is 6.20 Å². The summed E-state index contributed by atoms with van der Waals surface area (Å²) in [5, 5.41) is 14.8. The lowest BCUT2D eigenvalue weighted by Gasteiger charge is -2.04. The third kappa shape index (κ3) is 6.07. The molecule has 0 aliphatic heterocycles. The van der Waals surface area contributed by atoms with Crippen LogP contribution < -0.4 is 0 Å². The van der Waals surface area contributed by atoms with Crippen molar-refractivity contribution in [1.29, 1.82) is 0 Å². The molecule has 6 nitrogen and oxygen atoms in total. The Morgan fingerprint density at radius 2 is 2.06 bits per heavy atom. The number of carbonyl (C=O) groups is 2. The summed E-state index contributed by atoms with van der Waals surface area (Å²) in [6.07, 6.45) is 5.78. The van der Waals surface area contributed by atoms with Gasteiger partial charge in [0, 0.05) is 24.1 Å². The minimum absolute atomic E-state index is 0.546. The van der Waals surface area contributed by atoms with Gasteiger partial charge >= 0.3 is 11.9 Å². The van der Waals surface area contributed by atoms with E-state index in [2.05, 4.69) is 23.1 Å². The number of thioether (sulfide) groups is 1. The van der Waals surface area contributed by atoms with Crippen LogP contribution in [0.3, 0.4) is 0 Å². The number of aromatic amines is 1. The van der Waals surface area contributed by atoms with Gasteiger partial charge in [-0.05, 0) is 6.26 Å². The van der Waals surface area contributed by atoms with Crippen molar-refractivity contribution in [2.45, 2.75) is 12.8 Å². The van der Waals surface area contributed by atoms with Crippen LogP contribution in [0.5, 0.6) is 0 Å². The summed E-state index contributed by atoms with van der Waals surface area (Å²) in [6, 6.07) is 0. The van der Waals surface area contributed by atoms with Crippen molar-refractivity contribution >= 4 is 23.7 Å². The van der Waals surface area contributed by atoms with Crippen LogP contribution in [0.1, 0.15) is 18.7 Å². The molecule has 1 rings (SSSR count). The maximum atomic E-state index is 9.10. The first-order valence-corrected chi connectivity index (χ1v) is 5.82. The molecular weight excluding hydrogens is 232 g/mol. The maximum absolute atomic E-state index is 9.10. The zero-order valence-corrected chi connectivity index (χ0v) is 9.82. The quantitative estimate of drug-likeness (QED) is 0.688. The van der Waals surface area contributed by atoms with E-state index in [0.29, 0.717) is 5.92 Å². The van der Waals surface area contributed by atoms with Crippen molar-refractivity contribution < 1.29 is 19.8 Å². The summed E-state index contributed by atoms with van der Waals surface area (Å²) < 4.78 is 0. The third-order valence-corrected chi connectivity index (χ3v) is 2.42. The van der Waals surface area contributed by atoms with E-state index in [1.165, 1.54) is 0 Å². The molecule has 0 saturated carbocycles. The molecule has 0 fully saturated rings. The Morgan fingerprint density at radius 3 is 2.38 bits per heavy atom. The zero-order chi connectivity index (χ0) is 12.6. The number of nitrogens with one attached hydrogen (secondary N) is 1. The van der Waals surface area contributed by atoms with Crippen LogP contribution in [-0.4, -0.2) is 44.1 Å². The van der Waals surface area contributed by atoms with Crippen LogP contribution in [0.4, 0.5) is 0 Å². The van der Waals surface area contributed by atoms with Crippen LogP contribution >= 0.6 is 11.8 Å². The Bertz CT molecular complexity index is 314. The molecule has 0 amide bonds. The first-order chi connectivity index (χ1) is 7.49. The number of rotatable bonds is 3. The van der Waals surface area contributed by atoms with Crippen LogP contribution in [0.15, 0.2) is 12.4 Å². The van der Waals surface area contributed by atoms with Gasteiger partial charge in [0.25, 0.3) is 0 Å². The van der Waals surface area contributed by atoms with Crippen LogP contribution in [-0.2, 0) is 9.59 Å². The molecule has 0 spiro atoms. The summed E-state index contributed by atoms with van der Waals surface area (Å²) in [5.41, 5.74) is 0. The van der Waals surface area contributed by atoms with Gasteiger partial charge in [-0.25, -0.2) is 14.6 Å². The molecule has 0 saturated heterocycles. The van der Waals surface area contributed by atoms with Crippen molar-refractivity contribution in [2.75, 3.05) is 12.0 Å². The fraction of sp³-hybridized carbons (Fsp3) is 0.444. The average molecular weight is 246 g/mol. The second kappa shape index (κ2) is 7.75. The van der Waals surface area contributed by atoms with Gasteiger partial charge in [0.2, 0.25) is 0 Å². The standard InChI is InChI=1S/C7H12N2S.C2H2O4/c1-6(5-10-2)7-8-3-4-9-7;3-1(4)2(5)6/h3-4,6H,5H2,1-2H3,(H,8,9);(H,3,4)(H,5,6). The zero-order valence-electron chi connectivity index (χ0n) is 9.01. The molecule has 7 heteroatoms. The first-order valence-electron chi connectivity index (χ1n) is 4.43. The minimum atomic E-state index is -1.82. The summed E-state index contributed by atoms with van der Waals surface area (Å²) in [5.74, 6) is -0.877. The van der Waals surface area contributed by atoms with Gasteiger partial charge in [0.05, 0.1) is 0 Å². The smallest absolute Gasteiger partial charge is 0.414 e. The third-order valence-electron chi connectivity index (χ3n) is 1.59. The SMILES string of the molecule is CSCC(C)c1ncc[nH]1.O=C(O)C(=O)O. The highest BCUT2D eigenvalue weighted by atomic mass is 32.2. The van der Waals surface area contributed by atoms with Gasteiger partial charge in [-0.15, -0.1) is 0 Å². The molecule has 1 atom stereocenters. The fourth-order valence-corrected chi connectivity index (χ4v) is 1.53. The van der Waals surface area contributed by atoms with Gasteiger partial charge in [-0.1, -0.05) is 6.92 Å². The van der Waals surface area contributed by atoms with Crippen LogP contribution in [0.2, 0.25) is 0 Å². The van der Waals surface area contributed by atoms with Gasteiger partial charge in [-0.2, -0.15) is 11.8 Å². The first kappa shape index (κ1) is 14.5. The molecule has 0 radical (unpaired) electrons. The largest absolute Gasteiger partial charge is 0.473 e. The van der Waals surface area contributed by atoms with E-state index in [1.807, 2.05) is 18.0 Å². The number of aromatic nitrogens is 2. The lowest BCUT2D eigenvalue weighted by atomic mass is 10.2. The minimum Gasteiger partial charge on any atom is -0.473 e. The molecule has 0 aliphatic carbocycles. The van der Waals surface area contributed by atoms with Crippen molar-refractivity contribution in [1.82, 2.24) is 9.97 Å². The number of aliphatic carboxylic acids is 2. The van der Waals surface area contributed by atoms with Gasteiger partial charge in [0.15, 0.2) is 0 Å². The predicted molar refractivity (Wildman–Crippen MR) is 60.7 cm³/mol. The molecule has 1 unspecified atom stereocenters. The summed E-state index contributed by atoms with van der Waals surface area (Å²) in [7, 11) is 0. The molecule has 3 N–H and O–H groups in total. The van der Waals surface area contributed by atoms with E-state index in [0.717, 1.165) is 11.6 Å². The highest BCUT2D eigenvalue weighted by Gasteiger charge is 2.05. The molecule has 1 aromatic rings. The number of nitrogens with zero attached hydrogens (tertiary/aromatic N) is 1. The molecule has 16 heavy (non-hydrogen) atoms. The monoisotopic (exact) mass is 246 g/mol. The fourth-order valence-electron chi connectivity index (χ4n) is 0.876. The topological polar surface area (TPSA) is 103 Å². The summed E-state index contributed by atoms with van der Waals surface area (Å²) in [4.78, 5) is 25.5. The molecule has 1 heterocycles. The second-order valence-corrected chi connectivity index (χ2v) is 3.85. The lowest BCUT2D eigenvalue weighted by molar-refractivity contribution is -0.159. The highest BCUT2D eigenvalue weighted by molar-refractivity contribution is 7.98. The second-order valence-electron chi connectivity index (χ2n) is 2.94. The average Bonchev–Trinajstić information content (AvgIpc) is 2.71. The van der Waals surface area contributed by atoms with Gasteiger partial charge < -0.3 is 15.2 Å². The molecule has 90 valence electrons. The number of carboxylic acids is 2. The molecule has 1 aromatic heterocycles. The summed E-state index contributed by atoms with van der Waals surface area (Å²) >= 11 is 1.85. The van der Waals surface area contributed by atoms with E-state index in [-0.39, 0.29) is 0 Å². The number of H-pyrrole nitrogens is 1.